The van der Waals surface area contributed by atoms with E-state index in [0.29, 0.717) is 37.2 Å². The second kappa shape index (κ2) is 13.4. The first-order valence-corrected chi connectivity index (χ1v) is 13.8. The summed E-state index contributed by atoms with van der Waals surface area (Å²) >= 11 is 0. The lowest BCUT2D eigenvalue weighted by molar-refractivity contribution is -0.137. The lowest BCUT2D eigenvalue weighted by Gasteiger charge is -2.28. The van der Waals surface area contributed by atoms with E-state index in [2.05, 4.69) is 10.3 Å². The van der Waals surface area contributed by atoms with Crippen molar-refractivity contribution in [3.8, 4) is 0 Å². The summed E-state index contributed by atoms with van der Waals surface area (Å²) in [6.45, 7) is 4.62. The number of hydrogen-bond acceptors (Lipinski definition) is 2. The Labute approximate surface area is 238 Å². The maximum Gasteiger partial charge on any atom is 0.416 e. The van der Waals surface area contributed by atoms with Crippen LogP contribution in [0, 0.1) is 0 Å². The third-order valence-electron chi connectivity index (χ3n) is 7.08. The Bertz CT molecular complexity index is 1460. The Balaban J connectivity index is 1.53. The van der Waals surface area contributed by atoms with Gasteiger partial charge in [-0.05, 0) is 60.2 Å². The highest BCUT2D eigenvalue weighted by Gasteiger charge is 2.30. The number of nitrogens with one attached hydrogen (secondary N) is 2. The molecule has 216 valence electrons. The molecule has 0 saturated heterocycles. The first-order chi connectivity index (χ1) is 19.7. The molecule has 0 fully saturated rings. The molecule has 9 heteroatoms. The number of alkyl halides is 3. The average molecular weight is 565 g/mol. The maximum absolute atomic E-state index is 13.7. The number of nitrogens with zero attached hydrogens (tertiary/aromatic N) is 2. The second-order valence-corrected chi connectivity index (χ2v) is 9.98. The van der Waals surface area contributed by atoms with Crippen LogP contribution in [-0.2, 0) is 30.4 Å². The fourth-order valence-electron chi connectivity index (χ4n) is 4.84. The van der Waals surface area contributed by atoms with Crippen LogP contribution in [-0.4, -0.2) is 46.4 Å². The van der Waals surface area contributed by atoms with Gasteiger partial charge in [0.05, 0.1) is 5.56 Å². The molecule has 3 amide bonds. The molecule has 0 aliphatic heterocycles. The fourth-order valence-corrected chi connectivity index (χ4v) is 4.84. The summed E-state index contributed by atoms with van der Waals surface area (Å²) in [7, 11) is 0. The van der Waals surface area contributed by atoms with E-state index in [1.165, 1.54) is 17.0 Å². The molecule has 0 bridgehead atoms. The second-order valence-electron chi connectivity index (χ2n) is 9.98. The van der Waals surface area contributed by atoms with Crippen molar-refractivity contribution in [2.45, 2.75) is 45.8 Å². The minimum Gasteiger partial charge on any atom is -0.361 e. The normalized spacial score (nSPS) is 11.4. The van der Waals surface area contributed by atoms with Crippen LogP contribution < -0.4 is 5.32 Å². The number of rotatable bonds is 11. The van der Waals surface area contributed by atoms with Crippen LogP contribution in [0.15, 0.2) is 79.0 Å². The molecule has 0 radical (unpaired) electrons. The lowest BCUT2D eigenvalue weighted by atomic mass is 10.1. The number of aryl methyl sites for hydroxylation is 1. The summed E-state index contributed by atoms with van der Waals surface area (Å²) in [6, 6.07) is 19.9. The van der Waals surface area contributed by atoms with E-state index in [4.69, 9.17) is 0 Å². The number of carbonyl (C=O) groups is 2. The third-order valence-corrected chi connectivity index (χ3v) is 7.08. The van der Waals surface area contributed by atoms with Crippen molar-refractivity contribution in [1.29, 1.82) is 0 Å². The molecule has 3 aromatic carbocycles. The third kappa shape index (κ3) is 7.68. The summed E-state index contributed by atoms with van der Waals surface area (Å²) in [6.07, 6.45) is -0.580. The Morgan fingerprint density at radius 2 is 1.56 bits per heavy atom. The molecule has 2 N–H and O–H groups in total. The van der Waals surface area contributed by atoms with Crippen molar-refractivity contribution in [3.05, 3.63) is 101 Å². The number of anilines is 1. The maximum atomic E-state index is 13.7. The number of aromatic nitrogens is 1. The summed E-state index contributed by atoms with van der Waals surface area (Å²) in [5.74, 6) is -0.280. The monoisotopic (exact) mass is 564 g/mol. The smallest absolute Gasteiger partial charge is 0.361 e. The number of hydrogen-bond donors (Lipinski definition) is 2. The van der Waals surface area contributed by atoms with Gasteiger partial charge in [0.1, 0.15) is 6.54 Å². The van der Waals surface area contributed by atoms with Gasteiger partial charge in [0.25, 0.3) is 0 Å². The minimum atomic E-state index is -4.44. The van der Waals surface area contributed by atoms with E-state index in [0.717, 1.165) is 40.6 Å². The number of carbonyl (C=O) groups excluding carboxylic acids is 2. The van der Waals surface area contributed by atoms with Crippen molar-refractivity contribution < 1.29 is 22.8 Å². The largest absolute Gasteiger partial charge is 0.416 e. The van der Waals surface area contributed by atoms with Crippen LogP contribution in [0.3, 0.4) is 0 Å². The zero-order chi connectivity index (χ0) is 29.4. The van der Waals surface area contributed by atoms with Crippen molar-refractivity contribution >= 4 is 28.5 Å². The molecule has 0 saturated carbocycles. The van der Waals surface area contributed by atoms with Crippen molar-refractivity contribution in [2.24, 2.45) is 0 Å². The molecule has 1 heterocycles. The summed E-state index contributed by atoms with van der Waals surface area (Å²) in [5, 5.41) is 3.99. The zero-order valence-electron chi connectivity index (χ0n) is 23.3. The predicted octanol–water partition coefficient (Wildman–Crippen LogP) is 7.26. The minimum absolute atomic E-state index is 0.125. The number of para-hydroxylation sites is 2. The molecule has 0 atom stereocenters. The highest BCUT2D eigenvalue weighted by atomic mass is 19.4. The predicted molar refractivity (Wildman–Crippen MR) is 156 cm³/mol. The van der Waals surface area contributed by atoms with Gasteiger partial charge in [0.2, 0.25) is 5.91 Å². The van der Waals surface area contributed by atoms with Gasteiger partial charge in [-0.15, -0.1) is 0 Å². The molecule has 0 aliphatic carbocycles. The number of aromatic amines is 1. The van der Waals surface area contributed by atoms with E-state index in [1.54, 1.807) is 4.90 Å². The van der Waals surface area contributed by atoms with Crippen LogP contribution in [0.4, 0.5) is 23.7 Å². The molecule has 4 rings (SSSR count). The number of benzene rings is 3. The van der Waals surface area contributed by atoms with Crippen LogP contribution in [0.2, 0.25) is 0 Å². The number of H-pyrrole nitrogens is 1. The molecule has 0 spiro atoms. The topological polar surface area (TPSA) is 68.4 Å². The molecule has 0 unspecified atom stereocenters. The van der Waals surface area contributed by atoms with Crippen molar-refractivity contribution in [2.75, 3.05) is 25.0 Å². The van der Waals surface area contributed by atoms with Crippen LogP contribution in [0.1, 0.15) is 42.5 Å². The van der Waals surface area contributed by atoms with Crippen molar-refractivity contribution in [1.82, 2.24) is 14.8 Å². The number of fused-ring (bicyclic) bond motifs is 1. The van der Waals surface area contributed by atoms with Gasteiger partial charge >= 0.3 is 12.2 Å². The Morgan fingerprint density at radius 1 is 0.854 bits per heavy atom. The number of halogens is 3. The SMILES string of the molecule is CCCN(CC(=O)N(CCc1c[nH]c2ccccc12)Cc1ccc(C(F)(F)F)cc1)C(=O)Nc1ccccc1CC. The van der Waals surface area contributed by atoms with Crippen LogP contribution >= 0.6 is 0 Å². The number of amides is 3. The molecule has 41 heavy (non-hydrogen) atoms. The van der Waals surface area contributed by atoms with Gasteiger partial charge in [-0.25, -0.2) is 4.79 Å². The summed E-state index contributed by atoms with van der Waals surface area (Å²) in [5.41, 5.74) is 3.55. The van der Waals surface area contributed by atoms with E-state index < -0.39 is 11.7 Å². The summed E-state index contributed by atoms with van der Waals surface area (Å²) in [4.78, 5) is 33.3. The molecule has 4 aromatic rings. The van der Waals surface area contributed by atoms with Gasteiger partial charge < -0.3 is 20.1 Å². The quantitative estimate of drug-likeness (QED) is 0.201. The molecule has 6 nitrogen and oxygen atoms in total. The van der Waals surface area contributed by atoms with Crippen molar-refractivity contribution in [3.63, 3.8) is 0 Å². The molecule has 0 aliphatic rings. The average Bonchev–Trinajstić information content (AvgIpc) is 3.38. The fraction of sp³-hybridized carbons (Fsp3) is 0.312. The Hall–Kier alpha value is -4.27. The van der Waals surface area contributed by atoms with Gasteiger partial charge in [0, 0.05) is 42.4 Å². The zero-order valence-corrected chi connectivity index (χ0v) is 23.3. The highest BCUT2D eigenvalue weighted by Crippen LogP contribution is 2.29. The highest BCUT2D eigenvalue weighted by molar-refractivity contribution is 5.93. The standard InChI is InChI=1S/C32H35F3N4O2/c1-3-18-39(31(41)37-28-11-7-5-9-24(28)4-2)22-30(40)38(21-23-13-15-26(16-14-23)32(33,34)35)19-17-25-20-36-29-12-8-6-10-27(25)29/h5-16,20,36H,3-4,17-19,21-22H2,1-2H3,(H,37,41). The lowest BCUT2D eigenvalue weighted by Crippen LogP contribution is -2.45. The molecule has 1 aromatic heterocycles. The molecular formula is C32H35F3N4O2. The Kier molecular flexibility index (Phi) is 9.70. The number of urea groups is 1. The van der Waals surface area contributed by atoms with Crippen LogP contribution in [0.5, 0.6) is 0 Å². The molecular weight excluding hydrogens is 529 g/mol. The van der Waals surface area contributed by atoms with Gasteiger partial charge in [-0.1, -0.05) is 62.4 Å². The van der Waals surface area contributed by atoms with Gasteiger partial charge in [0.15, 0.2) is 0 Å². The van der Waals surface area contributed by atoms with Gasteiger partial charge in [-0.3, -0.25) is 4.79 Å². The van der Waals surface area contributed by atoms with E-state index >= 15 is 0 Å². The first-order valence-electron chi connectivity index (χ1n) is 13.8. The van der Waals surface area contributed by atoms with Gasteiger partial charge in [-0.2, -0.15) is 13.2 Å². The summed E-state index contributed by atoms with van der Waals surface area (Å²) < 4.78 is 39.3. The first kappa shape index (κ1) is 29.7. The van der Waals surface area contributed by atoms with E-state index in [1.807, 2.05) is 68.6 Å². The van der Waals surface area contributed by atoms with E-state index in [9.17, 15) is 22.8 Å². The van der Waals surface area contributed by atoms with Crippen LogP contribution in [0.25, 0.3) is 10.9 Å². The Morgan fingerprint density at radius 3 is 2.27 bits per heavy atom. The van der Waals surface area contributed by atoms with E-state index in [-0.39, 0.29) is 25.0 Å².